The van der Waals surface area contributed by atoms with Gasteiger partial charge in [-0.2, -0.15) is 0 Å². The summed E-state index contributed by atoms with van der Waals surface area (Å²) in [6.07, 6.45) is 38.2. The number of carbonyl (C=O) groups is 1. The lowest BCUT2D eigenvalue weighted by molar-refractivity contribution is -0.305. The maximum atomic E-state index is 12.7. The first-order valence-corrected chi connectivity index (χ1v) is 21.4. The molecule has 1 rings (SSSR count). The zero-order valence-electron chi connectivity index (χ0n) is 34.0. The van der Waals surface area contributed by atoms with Gasteiger partial charge in [-0.15, -0.1) is 0 Å². The van der Waals surface area contributed by atoms with Gasteiger partial charge in [-0.1, -0.05) is 152 Å². The Morgan fingerprint density at radius 2 is 1.13 bits per heavy atom. The summed E-state index contributed by atoms with van der Waals surface area (Å²) in [6, 6.07) is 0. The monoisotopic (exact) mass is 763 g/mol. The highest BCUT2D eigenvalue weighted by molar-refractivity contribution is 5.69. The summed E-state index contributed by atoms with van der Waals surface area (Å²) < 4.78 is 22.7. The van der Waals surface area contributed by atoms with Crippen LogP contribution in [0, 0.1) is 0 Å². The number of ether oxygens (including phenoxy) is 4. The molecule has 1 fully saturated rings. The Hall–Kier alpha value is -2.11. The fraction of sp³-hybridized carbons (Fsp3) is 0.756. The zero-order valence-corrected chi connectivity index (χ0v) is 34.0. The van der Waals surface area contributed by atoms with Crippen molar-refractivity contribution in [2.75, 3.05) is 26.4 Å². The molecule has 312 valence electrons. The van der Waals surface area contributed by atoms with Gasteiger partial charge in [0.1, 0.15) is 30.5 Å². The lowest BCUT2D eigenvalue weighted by atomic mass is 9.99. The minimum atomic E-state index is -1.54. The van der Waals surface area contributed by atoms with Crippen molar-refractivity contribution in [2.24, 2.45) is 0 Å². The first kappa shape index (κ1) is 49.9. The highest BCUT2D eigenvalue weighted by Gasteiger charge is 2.44. The molecular formula is C45H78O9. The highest BCUT2D eigenvalue weighted by atomic mass is 16.7. The van der Waals surface area contributed by atoms with E-state index in [2.05, 4.69) is 74.6 Å². The van der Waals surface area contributed by atoms with E-state index >= 15 is 0 Å². The average Bonchev–Trinajstić information content (AvgIpc) is 3.17. The Bertz CT molecular complexity index is 1010. The molecule has 9 heteroatoms. The predicted octanol–water partition coefficient (Wildman–Crippen LogP) is 9.13. The fourth-order valence-electron chi connectivity index (χ4n) is 6.11. The molecule has 4 N–H and O–H groups in total. The number of unbranched alkanes of at least 4 members (excludes halogenated alkanes) is 14. The molecular weight excluding hydrogens is 684 g/mol. The van der Waals surface area contributed by atoms with Crippen LogP contribution in [0.2, 0.25) is 0 Å². The van der Waals surface area contributed by atoms with Crippen molar-refractivity contribution in [1.29, 1.82) is 0 Å². The molecule has 1 heterocycles. The third-order valence-corrected chi connectivity index (χ3v) is 9.45. The van der Waals surface area contributed by atoms with Crippen LogP contribution in [0.5, 0.6) is 0 Å². The normalized spacial score (nSPS) is 21.5. The van der Waals surface area contributed by atoms with Gasteiger partial charge in [0.2, 0.25) is 0 Å². The van der Waals surface area contributed by atoms with E-state index in [4.69, 9.17) is 18.9 Å². The topological polar surface area (TPSA) is 135 Å². The second-order valence-electron chi connectivity index (χ2n) is 14.4. The summed E-state index contributed by atoms with van der Waals surface area (Å²) in [5.41, 5.74) is 0. The molecule has 0 aliphatic carbocycles. The second-order valence-corrected chi connectivity index (χ2v) is 14.4. The van der Waals surface area contributed by atoms with Gasteiger partial charge in [-0.05, 0) is 57.8 Å². The Balaban J connectivity index is 2.23. The van der Waals surface area contributed by atoms with Gasteiger partial charge in [0, 0.05) is 13.0 Å². The summed E-state index contributed by atoms with van der Waals surface area (Å²) in [5.74, 6) is -0.329. The van der Waals surface area contributed by atoms with Crippen molar-refractivity contribution in [3.8, 4) is 0 Å². The van der Waals surface area contributed by atoms with E-state index in [0.717, 1.165) is 77.0 Å². The minimum absolute atomic E-state index is 0.120. The molecule has 9 nitrogen and oxygen atoms in total. The first-order chi connectivity index (χ1) is 26.4. The number of hydrogen-bond donors (Lipinski definition) is 4. The lowest BCUT2D eigenvalue weighted by Crippen LogP contribution is -2.59. The van der Waals surface area contributed by atoms with Crippen LogP contribution < -0.4 is 0 Å². The number of esters is 1. The van der Waals surface area contributed by atoms with Gasteiger partial charge in [0.25, 0.3) is 0 Å². The third kappa shape index (κ3) is 27.5. The van der Waals surface area contributed by atoms with Gasteiger partial charge in [-0.3, -0.25) is 4.79 Å². The van der Waals surface area contributed by atoms with Crippen molar-refractivity contribution in [3.63, 3.8) is 0 Å². The largest absolute Gasteiger partial charge is 0.457 e. The van der Waals surface area contributed by atoms with Crippen LogP contribution in [0.1, 0.15) is 155 Å². The molecule has 6 unspecified atom stereocenters. The molecule has 6 atom stereocenters. The van der Waals surface area contributed by atoms with Crippen molar-refractivity contribution in [3.05, 3.63) is 60.8 Å². The number of hydrogen-bond acceptors (Lipinski definition) is 9. The summed E-state index contributed by atoms with van der Waals surface area (Å²) in [5, 5.41) is 40.0. The van der Waals surface area contributed by atoms with E-state index in [9.17, 15) is 25.2 Å². The number of rotatable bonds is 35. The van der Waals surface area contributed by atoms with E-state index in [1.54, 1.807) is 0 Å². The predicted molar refractivity (Wildman–Crippen MR) is 219 cm³/mol. The number of carbonyl (C=O) groups excluding carboxylic acids is 1. The summed E-state index contributed by atoms with van der Waals surface area (Å²) in [6.45, 7) is 4.39. The van der Waals surface area contributed by atoms with Crippen LogP contribution in [0.4, 0.5) is 0 Å². The van der Waals surface area contributed by atoms with Crippen molar-refractivity contribution in [2.45, 2.75) is 192 Å². The summed E-state index contributed by atoms with van der Waals surface area (Å²) in [7, 11) is 0. The van der Waals surface area contributed by atoms with Crippen LogP contribution in [0.25, 0.3) is 0 Å². The van der Waals surface area contributed by atoms with Crippen LogP contribution in [0.15, 0.2) is 60.8 Å². The second kappa shape index (κ2) is 36.5. The van der Waals surface area contributed by atoms with E-state index in [0.29, 0.717) is 13.0 Å². The Kier molecular flexibility index (Phi) is 33.8. The van der Waals surface area contributed by atoms with Gasteiger partial charge in [0.15, 0.2) is 6.29 Å². The zero-order chi connectivity index (χ0) is 39.3. The molecule has 0 radical (unpaired) electrons. The molecule has 1 saturated heterocycles. The fourth-order valence-corrected chi connectivity index (χ4v) is 6.11. The minimum Gasteiger partial charge on any atom is -0.457 e. The van der Waals surface area contributed by atoms with E-state index < -0.39 is 43.4 Å². The number of aliphatic hydroxyl groups excluding tert-OH is 4. The van der Waals surface area contributed by atoms with Gasteiger partial charge in [-0.25, -0.2) is 0 Å². The quantitative estimate of drug-likeness (QED) is 0.0283. The molecule has 0 amide bonds. The molecule has 0 aromatic rings. The highest BCUT2D eigenvalue weighted by Crippen LogP contribution is 2.22. The average molecular weight is 763 g/mol. The molecule has 54 heavy (non-hydrogen) atoms. The lowest BCUT2D eigenvalue weighted by Gasteiger charge is -2.39. The number of aliphatic hydroxyl groups is 4. The molecule has 1 aliphatic rings. The van der Waals surface area contributed by atoms with Crippen LogP contribution in [-0.2, 0) is 23.7 Å². The smallest absolute Gasteiger partial charge is 0.306 e. The van der Waals surface area contributed by atoms with Crippen LogP contribution in [0.3, 0.4) is 0 Å². The SMILES string of the molecule is CC/C=C\C/C=C\C/C=C\C/C=C\C/C=C\CCCCCCCCCC(=O)OC(COCCCCCCCCCC)COC1OC(CO)C(O)C(O)C1O. The summed E-state index contributed by atoms with van der Waals surface area (Å²) >= 11 is 0. The van der Waals surface area contributed by atoms with E-state index in [1.165, 1.54) is 57.8 Å². The summed E-state index contributed by atoms with van der Waals surface area (Å²) in [4.78, 5) is 12.7. The third-order valence-electron chi connectivity index (χ3n) is 9.45. The molecule has 0 aromatic carbocycles. The van der Waals surface area contributed by atoms with E-state index in [1.807, 2.05) is 0 Å². The standard InChI is InChI=1S/C45H78O9/c1-3-5-7-9-11-13-14-15-16-17-18-19-20-21-22-23-24-25-26-27-28-30-32-34-41(47)53-39(37-51-35-33-31-29-12-10-8-6-4-2)38-52-45-44(50)43(49)42(48)40(36-46)54-45/h5,7,11,13,15-16,18-19,21-22,39-40,42-46,48-50H,3-4,6,8-10,12,14,17,20,23-38H2,1-2H3/b7-5-,13-11-,16-15-,19-18-,22-21-. The Morgan fingerprint density at radius 3 is 1.70 bits per heavy atom. The molecule has 0 aromatic heterocycles. The Labute approximate surface area is 328 Å². The molecule has 1 aliphatic heterocycles. The van der Waals surface area contributed by atoms with Gasteiger partial charge < -0.3 is 39.4 Å². The van der Waals surface area contributed by atoms with Crippen molar-refractivity contribution in [1.82, 2.24) is 0 Å². The van der Waals surface area contributed by atoms with Crippen molar-refractivity contribution < 1.29 is 44.2 Å². The maximum Gasteiger partial charge on any atom is 0.306 e. The number of allylic oxidation sites excluding steroid dienone is 10. The molecule has 0 spiro atoms. The Morgan fingerprint density at radius 1 is 0.611 bits per heavy atom. The molecule has 0 bridgehead atoms. The maximum absolute atomic E-state index is 12.7. The van der Waals surface area contributed by atoms with E-state index in [-0.39, 0.29) is 19.2 Å². The molecule has 0 saturated carbocycles. The van der Waals surface area contributed by atoms with Gasteiger partial charge in [0.05, 0.1) is 19.8 Å². The van der Waals surface area contributed by atoms with Crippen LogP contribution in [-0.4, -0.2) is 89.6 Å². The van der Waals surface area contributed by atoms with Gasteiger partial charge >= 0.3 is 5.97 Å². The van der Waals surface area contributed by atoms with Crippen molar-refractivity contribution >= 4 is 5.97 Å². The van der Waals surface area contributed by atoms with Crippen LogP contribution >= 0.6 is 0 Å². The first-order valence-electron chi connectivity index (χ1n) is 21.4.